The summed E-state index contributed by atoms with van der Waals surface area (Å²) in [6.07, 6.45) is 0.883. The molecule has 2 aromatic heterocycles. The third kappa shape index (κ3) is 1.81. The molecule has 0 radical (unpaired) electrons. The number of rotatable bonds is 2. The van der Waals surface area contributed by atoms with Crippen LogP contribution in [0.4, 0.5) is 5.82 Å². The van der Waals surface area contributed by atoms with Crippen LogP contribution in [0.1, 0.15) is 17.6 Å². The van der Waals surface area contributed by atoms with Gasteiger partial charge in [-0.3, -0.25) is 0 Å². The first kappa shape index (κ1) is 10.4. The maximum absolute atomic E-state index is 4.55. The molecule has 0 atom stereocenters. The van der Waals surface area contributed by atoms with Crippen molar-refractivity contribution in [2.75, 3.05) is 19.0 Å². The second-order valence-corrected chi connectivity index (χ2v) is 5.02. The third-order valence-corrected chi connectivity index (χ3v) is 3.23. The molecule has 0 saturated carbocycles. The van der Waals surface area contributed by atoms with E-state index in [1.807, 2.05) is 14.1 Å². The molecule has 0 fully saturated rings. The van der Waals surface area contributed by atoms with Gasteiger partial charge in [0, 0.05) is 25.4 Å². The maximum atomic E-state index is 4.55. The Balaban J connectivity index is 2.73. The monoisotopic (exact) mass is 221 g/mol. The van der Waals surface area contributed by atoms with Gasteiger partial charge in [-0.1, -0.05) is 6.92 Å². The van der Waals surface area contributed by atoms with Crippen molar-refractivity contribution in [3.8, 4) is 0 Å². The van der Waals surface area contributed by atoms with Crippen LogP contribution < -0.4 is 4.90 Å². The van der Waals surface area contributed by atoms with E-state index in [1.165, 1.54) is 10.3 Å². The van der Waals surface area contributed by atoms with E-state index in [0.717, 1.165) is 22.9 Å². The zero-order valence-corrected chi connectivity index (χ0v) is 10.4. The molecule has 0 unspecified atom stereocenters. The average molecular weight is 221 g/mol. The summed E-state index contributed by atoms with van der Waals surface area (Å²) in [6.45, 7) is 4.19. The number of hydrogen-bond donors (Lipinski definition) is 0. The molecule has 15 heavy (non-hydrogen) atoms. The van der Waals surface area contributed by atoms with Gasteiger partial charge in [0.05, 0.1) is 5.39 Å². The van der Waals surface area contributed by atoms with Gasteiger partial charge < -0.3 is 4.90 Å². The van der Waals surface area contributed by atoms with Crippen LogP contribution in [-0.2, 0) is 6.42 Å². The molecule has 0 saturated heterocycles. The van der Waals surface area contributed by atoms with Crippen LogP contribution >= 0.6 is 11.3 Å². The Morgan fingerprint density at radius 1 is 1.33 bits per heavy atom. The van der Waals surface area contributed by atoms with Crippen LogP contribution in [0.15, 0.2) is 6.07 Å². The molecule has 0 aliphatic carbocycles. The first-order chi connectivity index (χ1) is 7.11. The van der Waals surface area contributed by atoms with Gasteiger partial charge >= 0.3 is 0 Å². The minimum atomic E-state index is 0.883. The predicted molar refractivity (Wildman–Crippen MR) is 65.9 cm³/mol. The molecule has 0 bridgehead atoms. The summed E-state index contributed by atoms with van der Waals surface area (Å²) in [6, 6.07) is 2.16. The molecular formula is C11H15N3S. The number of anilines is 1. The molecule has 2 rings (SSSR count). The second kappa shape index (κ2) is 3.77. The quantitative estimate of drug-likeness (QED) is 0.780. The van der Waals surface area contributed by atoms with E-state index in [9.17, 15) is 0 Å². The summed E-state index contributed by atoms with van der Waals surface area (Å²) in [7, 11) is 4.04. The Kier molecular flexibility index (Phi) is 2.61. The Morgan fingerprint density at radius 3 is 2.67 bits per heavy atom. The summed E-state index contributed by atoms with van der Waals surface area (Å²) in [5.41, 5.74) is 0. The molecule has 0 aromatic carbocycles. The van der Waals surface area contributed by atoms with Crippen LogP contribution in [0.25, 0.3) is 10.2 Å². The van der Waals surface area contributed by atoms with E-state index in [0.29, 0.717) is 0 Å². The molecular weight excluding hydrogens is 206 g/mol. The minimum Gasteiger partial charge on any atom is -0.362 e. The number of aromatic nitrogens is 2. The lowest BCUT2D eigenvalue weighted by Crippen LogP contribution is -2.12. The zero-order chi connectivity index (χ0) is 11.0. The predicted octanol–water partition coefficient (Wildman–Crippen LogP) is 2.63. The van der Waals surface area contributed by atoms with Crippen molar-refractivity contribution in [2.24, 2.45) is 0 Å². The van der Waals surface area contributed by atoms with Crippen LogP contribution in [-0.4, -0.2) is 24.1 Å². The van der Waals surface area contributed by atoms with Crippen molar-refractivity contribution >= 4 is 27.4 Å². The molecule has 0 aliphatic heterocycles. The highest BCUT2D eigenvalue weighted by molar-refractivity contribution is 7.18. The number of fused-ring (bicyclic) bond motifs is 1. The lowest BCUT2D eigenvalue weighted by Gasteiger charge is -2.12. The van der Waals surface area contributed by atoms with Crippen LogP contribution in [0.2, 0.25) is 0 Å². The van der Waals surface area contributed by atoms with Gasteiger partial charge in [0.2, 0.25) is 0 Å². The summed E-state index contributed by atoms with van der Waals surface area (Å²) in [4.78, 5) is 13.5. The van der Waals surface area contributed by atoms with Crippen molar-refractivity contribution in [3.05, 3.63) is 16.8 Å². The Bertz CT molecular complexity index is 488. The summed E-state index contributed by atoms with van der Waals surface area (Å²) >= 11 is 1.74. The largest absolute Gasteiger partial charge is 0.362 e. The lowest BCUT2D eigenvalue weighted by atomic mass is 10.3. The first-order valence-corrected chi connectivity index (χ1v) is 5.88. The molecule has 4 heteroatoms. The molecule has 0 N–H and O–H groups in total. The van der Waals surface area contributed by atoms with E-state index in [-0.39, 0.29) is 0 Å². The van der Waals surface area contributed by atoms with E-state index in [4.69, 9.17) is 0 Å². The van der Waals surface area contributed by atoms with Gasteiger partial charge in [-0.25, -0.2) is 9.97 Å². The highest BCUT2D eigenvalue weighted by Crippen LogP contribution is 2.29. The smallest absolute Gasteiger partial charge is 0.140 e. The molecule has 80 valence electrons. The molecule has 0 amide bonds. The molecule has 3 nitrogen and oxygen atoms in total. The summed E-state index contributed by atoms with van der Waals surface area (Å²) in [5.74, 6) is 1.95. The molecule has 2 heterocycles. The normalized spacial score (nSPS) is 10.9. The van der Waals surface area contributed by atoms with Crippen molar-refractivity contribution < 1.29 is 0 Å². The van der Waals surface area contributed by atoms with E-state index >= 15 is 0 Å². The van der Waals surface area contributed by atoms with Crippen LogP contribution in [0, 0.1) is 6.92 Å². The lowest BCUT2D eigenvalue weighted by molar-refractivity contribution is 0.941. The van der Waals surface area contributed by atoms with Gasteiger partial charge in [0.15, 0.2) is 0 Å². The van der Waals surface area contributed by atoms with Gasteiger partial charge in [0.1, 0.15) is 16.5 Å². The fraction of sp³-hybridized carbons (Fsp3) is 0.455. The summed E-state index contributed by atoms with van der Waals surface area (Å²) in [5, 5.41) is 1.17. The SMILES string of the molecule is CCc1nc(N(C)C)c2cc(C)sc2n1. The third-order valence-electron chi connectivity index (χ3n) is 2.28. The maximum Gasteiger partial charge on any atom is 0.140 e. The standard InChI is InChI=1S/C11H15N3S/c1-5-9-12-10(14(3)4)8-6-7(2)15-11(8)13-9/h6H,5H2,1-4H3. The number of nitrogens with zero attached hydrogens (tertiary/aromatic N) is 3. The van der Waals surface area contributed by atoms with Crippen molar-refractivity contribution in [1.82, 2.24) is 9.97 Å². The van der Waals surface area contributed by atoms with Gasteiger partial charge in [-0.05, 0) is 13.0 Å². The van der Waals surface area contributed by atoms with Crippen molar-refractivity contribution in [1.29, 1.82) is 0 Å². The molecule has 2 aromatic rings. The number of thiophene rings is 1. The Hall–Kier alpha value is -1.16. The first-order valence-electron chi connectivity index (χ1n) is 5.06. The van der Waals surface area contributed by atoms with E-state index in [2.05, 4.69) is 34.8 Å². The highest BCUT2D eigenvalue weighted by atomic mass is 32.1. The summed E-state index contributed by atoms with van der Waals surface area (Å²) < 4.78 is 0. The van der Waals surface area contributed by atoms with Crippen LogP contribution in [0.5, 0.6) is 0 Å². The van der Waals surface area contributed by atoms with Crippen molar-refractivity contribution in [3.63, 3.8) is 0 Å². The van der Waals surface area contributed by atoms with E-state index in [1.54, 1.807) is 11.3 Å². The Labute approximate surface area is 93.8 Å². The van der Waals surface area contributed by atoms with E-state index < -0.39 is 0 Å². The average Bonchev–Trinajstić information content (AvgIpc) is 2.55. The fourth-order valence-corrected chi connectivity index (χ4v) is 2.46. The van der Waals surface area contributed by atoms with Crippen molar-refractivity contribution in [2.45, 2.75) is 20.3 Å². The molecule has 0 spiro atoms. The fourth-order valence-electron chi connectivity index (χ4n) is 1.57. The Morgan fingerprint density at radius 2 is 2.07 bits per heavy atom. The molecule has 0 aliphatic rings. The highest BCUT2D eigenvalue weighted by Gasteiger charge is 2.10. The zero-order valence-electron chi connectivity index (χ0n) is 9.53. The number of hydrogen-bond acceptors (Lipinski definition) is 4. The second-order valence-electron chi connectivity index (χ2n) is 3.79. The van der Waals surface area contributed by atoms with Gasteiger partial charge in [0.25, 0.3) is 0 Å². The van der Waals surface area contributed by atoms with Gasteiger partial charge in [-0.2, -0.15) is 0 Å². The van der Waals surface area contributed by atoms with Gasteiger partial charge in [-0.15, -0.1) is 11.3 Å². The van der Waals surface area contributed by atoms with Crippen LogP contribution in [0.3, 0.4) is 0 Å². The number of aryl methyl sites for hydroxylation is 2. The minimum absolute atomic E-state index is 0.883. The topological polar surface area (TPSA) is 29.0 Å².